The minimum absolute atomic E-state index is 0.170. The maximum Gasteiger partial charge on any atom is 0.417 e. The van der Waals surface area contributed by atoms with Crippen LogP contribution in [0.5, 0.6) is 0 Å². The van der Waals surface area contributed by atoms with Crippen LogP contribution < -0.4 is 4.31 Å². The van der Waals surface area contributed by atoms with Crippen molar-refractivity contribution in [3.63, 3.8) is 0 Å². The van der Waals surface area contributed by atoms with Gasteiger partial charge in [0.15, 0.2) is 0 Å². The molecule has 0 N–H and O–H groups in total. The number of hydrogen-bond acceptors (Lipinski definition) is 2. The second-order valence-corrected chi connectivity index (χ2v) is 4.76. The fourth-order valence-corrected chi connectivity index (χ4v) is 2.24. The number of alkyl halides is 3. The molecule has 0 aliphatic rings. The highest BCUT2D eigenvalue weighted by Crippen LogP contribution is 2.40. The number of thiol groups is 1. The second-order valence-electron chi connectivity index (χ2n) is 4.28. The molecule has 2 aromatic rings. The van der Waals surface area contributed by atoms with E-state index in [9.17, 15) is 13.2 Å². The van der Waals surface area contributed by atoms with E-state index in [4.69, 9.17) is 0 Å². The maximum atomic E-state index is 13.1. The van der Waals surface area contributed by atoms with E-state index in [0.29, 0.717) is 17.8 Å². The van der Waals surface area contributed by atoms with Crippen molar-refractivity contribution < 1.29 is 13.2 Å². The van der Waals surface area contributed by atoms with Gasteiger partial charge in [-0.25, -0.2) is 0 Å². The monoisotopic (exact) mass is 297 g/mol. The van der Waals surface area contributed by atoms with Crippen LogP contribution in [0.4, 0.5) is 18.9 Å². The van der Waals surface area contributed by atoms with Gasteiger partial charge in [0, 0.05) is 12.1 Å². The van der Waals surface area contributed by atoms with E-state index in [1.54, 1.807) is 34.6 Å². The van der Waals surface area contributed by atoms with Gasteiger partial charge in [-0.3, -0.25) is 0 Å². The molecule has 0 amide bonds. The molecule has 0 unspecified atom stereocenters. The minimum Gasteiger partial charge on any atom is -0.318 e. The van der Waals surface area contributed by atoms with E-state index in [0.717, 1.165) is 6.07 Å². The number of para-hydroxylation sites is 1. The van der Waals surface area contributed by atoms with Crippen LogP contribution in [0, 0.1) is 0 Å². The average molecular weight is 297 g/mol. The molecule has 0 saturated heterocycles. The van der Waals surface area contributed by atoms with E-state index in [1.165, 1.54) is 12.1 Å². The first-order valence-electron chi connectivity index (χ1n) is 6.17. The number of hydrogen-bond donors (Lipinski definition) is 1. The zero-order valence-corrected chi connectivity index (χ0v) is 11.7. The highest BCUT2D eigenvalue weighted by molar-refractivity contribution is 7.81. The molecule has 0 bridgehead atoms. The highest BCUT2D eigenvalue weighted by atomic mass is 32.1. The van der Waals surface area contributed by atoms with Crippen molar-refractivity contribution in [3.05, 3.63) is 54.1 Å². The Morgan fingerprint density at radius 2 is 1.50 bits per heavy atom. The summed E-state index contributed by atoms with van der Waals surface area (Å²) in [5, 5.41) is 0. The zero-order chi connectivity index (χ0) is 14.8. The van der Waals surface area contributed by atoms with Crippen LogP contribution in [0.2, 0.25) is 0 Å². The lowest BCUT2D eigenvalue weighted by Crippen LogP contribution is -2.11. The van der Waals surface area contributed by atoms with Gasteiger partial charge >= 0.3 is 6.18 Å². The van der Waals surface area contributed by atoms with Crippen molar-refractivity contribution in [2.45, 2.75) is 13.1 Å². The predicted molar refractivity (Wildman–Crippen MR) is 78.9 cm³/mol. The fourth-order valence-electron chi connectivity index (χ4n) is 2.06. The van der Waals surface area contributed by atoms with Gasteiger partial charge in [-0.05, 0) is 24.6 Å². The number of rotatable bonds is 3. The molecule has 0 aromatic heterocycles. The van der Waals surface area contributed by atoms with Crippen molar-refractivity contribution >= 4 is 18.5 Å². The van der Waals surface area contributed by atoms with Gasteiger partial charge in [-0.1, -0.05) is 49.2 Å². The van der Waals surface area contributed by atoms with E-state index in [1.807, 2.05) is 6.92 Å². The Morgan fingerprint density at radius 3 is 2.10 bits per heavy atom. The standard InChI is InChI=1S/C15H14F3NS/c1-2-19(20)14-10-6-4-8-12(14)11-7-3-5-9-13(11)15(16,17)18/h3-10,20H,2H2,1H3. The molecule has 0 atom stereocenters. The number of anilines is 1. The summed E-state index contributed by atoms with van der Waals surface area (Å²) in [5.74, 6) is 0. The summed E-state index contributed by atoms with van der Waals surface area (Å²) in [6, 6.07) is 12.5. The molecule has 0 heterocycles. The third-order valence-corrected chi connectivity index (χ3v) is 3.50. The van der Waals surface area contributed by atoms with Crippen LogP contribution >= 0.6 is 12.8 Å². The maximum absolute atomic E-state index is 13.1. The molecule has 1 nitrogen and oxygen atoms in total. The summed E-state index contributed by atoms with van der Waals surface area (Å²) in [7, 11) is 0. The van der Waals surface area contributed by atoms with Crippen molar-refractivity contribution in [1.82, 2.24) is 0 Å². The molecule has 5 heteroatoms. The lowest BCUT2D eigenvalue weighted by molar-refractivity contribution is -0.137. The molecule has 20 heavy (non-hydrogen) atoms. The Morgan fingerprint density at radius 1 is 0.950 bits per heavy atom. The van der Waals surface area contributed by atoms with E-state index in [-0.39, 0.29) is 5.56 Å². The summed E-state index contributed by atoms with van der Waals surface area (Å²) >= 11 is 4.30. The summed E-state index contributed by atoms with van der Waals surface area (Å²) in [6.45, 7) is 2.48. The molecule has 0 radical (unpaired) electrons. The van der Waals surface area contributed by atoms with Crippen molar-refractivity contribution in [1.29, 1.82) is 0 Å². The van der Waals surface area contributed by atoms with Crippen molar-refractivity contribution in [3.8, 4) is 11.1 Å². The first-order valence-corrected chi connectivity index (χ1v) is 6.57. The third kappa shape index (κ3) is 2.93. The minimum atomic E-state index is -4.38. The van der Waals surface area contributed by atoms with Gasteiger partial charge in [0.2, 0.25) is 0 Å². The zero-order valence-electron chi connectivity index (χ0n) is 10.9. The molecule has 2 rings (SSSR count). The molecule has 0 saturated carbocycles. The smallest absolute Gasteiger partial charge is 0.318 e. The van der Waals surface area contributed by atoms with Crippen LogP contribution in [-0.4, -0.2) is 6.54 Å². The van der Waals surface area contributed by atoms with Crippen molar-refractivity contribution in [2.75, 3.05) is 10.8 Å². The molecular formula is C15H14F3NS. The van der Waals surface area contributed by atoms with Crippen LogP contribution in [0.3, 0.4) is 0 Å². The van der Waals surface area contributed by atoms with Crippen molar-refractivity contribution in [2.24, 2.45) is 0 Å². The Kier molecular flexibility index (Phi) is 4.28. The molecule has 0 fully saturated rings. The van der Waals surface area contributed by atoms with E-state index >= 15 is 0 Å². The average Bonchev–Trinajstić information content (AvgIpc) is 2.45. The molecule has 0 spiro atoms. The molecular weight excluding hydrogens is 283 g/mol. The van der Waals surface area contributed by atoms with Gasteiger partial charge in [0.25, 0.3) is 0 Å². The largest absolute Gasteiger partial charge is 0.417 e. The van der Waals surface area contributed by atoms with Gasteiger partial charge in [0.05, 0.1) is 11.3 Å². The quantitative estimate of drug-likeness (QED) is 0.776. The van der Waals surface area contributed by atoms with Gasteiger partial charge in [-0.15, -0.1) is 0 Å². The number of halogens is 3. The topological polar surface area (TPSA) is 3.24 Å². The van der Waals surface area contributed by atoms with Gasteiger partial charge in [-0.2, -0.15) is 13.2 Å². The summed E-state index contributed by atoms with van der Waals surface area (Å²) in [6.07, 6.45) is -4.38. The molecule has 0 aliphatic carbocycles. The summed E-state index contributed by atoms with van der Waals surface area (Å²) < 4.78 is 41.0. The third-order valence-electron chi connectivity index (χ3n) is 3.00. The normalized spacial score (nSPS) is 11.4. The Balaban J connectivity index is 2.64. The number of nitrogens with zero attached hydrogens (tertiary/aromatic N) is 1. The highest BCUT2D eigenvalue weighted by Gasteiger charge is 2.33. The van der Waals surface area contributed by atoms with Crippen LogP contribution in [-0.2, 0) is 6.18 Å². The van der Waals surface area contributed by atoms with Gasteiger partial charge in [0.1, 0.15) is 0 Å². The number of benzene rings is 2. The second kappa shape index (κ2) is 5.79. The lowest BCUT2D eigenvalue weighted by atomic mass is 9.98. The predicted octanol–water partition coefficient (Wildman–Crippen LogP) is 5.04. The Bertz CT molecular complexity index is 596. The van der Waals surface area contributed by atoms with Gasteiger partial charge < -0.3 is 4.31 Å². The van der Waals surface area contributed by atoms with E-state index < -0.39 is 11.7 Å². The Labute approximate surface area is 121 Å². The SMILES string of the molecule is CCN(S)c1ccccc1-c1ccccc1C(F)(F)F. The molecule has 2 aromatic carbocycles. The summed E-state index contributed by atoms with van der Waals surface area (Å²) in [4.78, 5) is 0. The Hall–Kier alpha value is -1.62. The molecule has 106 valence electrons. The van der Waals surface area contributed by atoms with Crippen LogP contribution in [0.15, 0.2) is 48.5 Å². The lowest BCUT2D eigenvalue weighted by Gasteiger charge is -2.21. The summed E-state index contributed by atoms with van der Waals surface area (Å²) in [5.41, 5.74) is 0.723. The van der Waals surface area contributed by atoms with Crippen LogP contribution in [0.1, 0.15) is 12.5 Å². The fraction of sp³-hybridized carbons (Fsp3) is 0.200. The first-order chi connectivity index (χ1) is 9.45. The van der Waals surface area contributed by atoms with Crippen LogP contribution in [0.25, 0.3) is 11.1 Å². The first kappa shape index (κ1) is 14.8. The molecule has 0 aliphatic heterocycles. The van der Waals surface area contributed by atoms with E-state index in [2.05, 4.69) is 12.8 Å².